The molecule has 6 atom stereocenters. The van der Waals surface area contributed by atoms with Crippen LogP contribution in [-0.4, -0.2) is 59.8 Å². The molecule has 0 aromatic rings. The quantitative estimate of drug-likeness (QED) is 0.470. The van der Waals surface area contributed by atoms with E-state index < -0.39 is 37.1 Å². The monoisotopic (exact) mass is 276 g/mol. The fourth-order valence-electron chi connectivity index (χ4n) is 2.26. The first kappa shape index (κ1) is 14.6. The maximum atomic E-state index is 11.5. The van der Waals surface area contributed by atoms with Gasteiger partial charge >= 0.3 is 0 Å². The highest BCUT2D eigenvalue weighted by Crippen LogP contribution is 2.26. The predicted octanol–water partition coefficient (Wildman–Crippen LogP) is -1.99. The highest BCUT2D eigenvalue weighted by molar-refractivity contribution is 5.76. The van der Waals surface area contributed by atoms with Gasteiger partial charge < -0.3 is 29.7 Å². The van der Waals surface area contributed by atoms with Crippen molar-refractivity contribution in [3.8, 4) is 0 Å². The van der Waals surface area contributed by atoms with Crippen molar-refractivity contribution in [1.29, 1.82) is 0 Å². The van der Waals surface area contributed by atoms with E-state index in [0.717, 1.165) is 0 Å². The van der Waals surface area contributed by atoms with Crippen molar-refractivity contribution < 1.29 is 29.2 Å². The summed E-state index contributed by atoms with van der Waals surface area (Å²) >= 11 is 0. The van der Waals surface area contributed by atoms with Gasteiger partial charge in [-0.1, -0.05) is 6.92 Å². The molecule has 1 amide bonds. The molecular weight excluding hydrogens is 256 g/mol. The Hall–Kier alpha value is -0.770. The highest BCUT2D eigenvalue weighted by atomic mass is 16.7. The molecule has 8 heteroatoms. The van der Waals surface area contributed by atoms with Crippen LogP contribution in [0.1, 0.15) is 19.8 Å². The van der Waals surface area contributed by atoms with Crippen molar-refractivity contribution >= 4 is 5.91 Å². The third-order valence-corrected chi connectivity index (χ3v) is 3.21. The van der Waals surface area contributed by atoms with E-state index in [1.54, 1.807) is 0 Å². The minimum atomic E-state index is -1.31. The molecular formula is C11H20N2O6. The molecule has 2 heterocycles. The summed E-state index contributed by atoms with van der Waals surface area (Å²) in [6.45, 7) is 1.98. The second-order valence-corrected chi connectivity index (χ2v) is 4.70. The molecule has 2 rings (SSSR count). The summed E-state index contributed by atoms with van der Waals surface area (Å²) in [5, 5.41) is 22.5. The van der Waals surface area contributed by atoms with Crippen molar-refractivity contribution in [2.45, 2.75) is 56.8 Å². The van der Waals surface area contributed by atoms with Crippen LogP contribution in [0.5, 0.6) is 0 Å². The van der Waals surface area contributed by atoms with Gasteiger partial charge in [-0.2, -0.15) is 0 Å². The van der Waals surface area contributed by atoms with E-state index in [2.05, 4.69) is 5.32 Å². The number of fused-ring (bicyclic) bond motifs is 1. The first-order valence-electron chi connectivity index (χ1n) is 6.36. The molecule has 8 nitrogen and oxygen atoms in total. The zero-order chi connectivity index (χ0) is 14.0. The zero-order valence-corrected chi connectivity index (χ0v) is 10.7. The standard InChI is InChI=1S/C11H20N2O6/c1-2-3-6(14)13-7-8(15)9-5(18-10(7)16)4-17-11(12)19-9/h5,7-11,15-16H,2-4,12H2,1H3,(H,13,14)/t5-,7-,8-,9-,10?,11?/m1/s1. The van der Waals surface area contributed by atoms with Gasteiger partial charge in [-0.05, 0) is 6.42 Å². The number of rotatable bonds is 3. The molecule has 0 aromatic heterocycles. The minimum Gasteiger partial charge on any atom is -0.388 e. The van der Waals surface area contributed by atoms with E-state index in [1.807, 2.05) is 6.92 Å². The molecule has 2 unspecified atom stereocenters. The van der Waals surface area contributed by atoms with Crippen LogP contribution < -0.4 is 11.1 Å². The summed E-state index contributed by atoms with van der Waals surface area (Å²) in [6.07, 6.45) is -3.71. The van der Waals surface area contributed by atoms with Crippen LogP contribution in [0.3, 0.4) is 0 Å². The largest absolute Gasteiger partial charge is 0.388 e. The lowest BCUT2D eigenvalue weighted by molar-refractivity contribution is -0.333. The summed E-state index contributed by atoms with van der Waals surface area (Å²) in [5.74, 6) is -0.260. The Balaban J connectivity index is 2.01. The van der Waals surface area contributed by atoms with E-state index in [1.165, 1.54) is 0 Å². The minimum absolute atomic E-state index is 0.121. The predicted molar refractivity (Wildman–Crippen MR) is 62.5 cm³/mol. The van der Waals surface area contributed by atoms with Crippen molar-refractivity contribution in [3.63, 3.8) is 0 Å². The zero-order valence-electron chi connectivity index (χ0n) is 10.7. The summed E-state index contributed by atoms with van der Waals surface area (Å²) in [6, 6.07) is -0.939. The molecule has 19 heavy (non-hydrogen) atoms. The Morgan fingerprint density at radius 2 is 2.16 bits per heavy atom. The molecule has 110 valence electrons. The summed E-state index contributed by atoms with van der Waals surface area (Å²) in [4.78, 5) is 11.5. The molecule has 2 aliphatic rings. The van der Waals surface area contributed by atoms with E-state index in [0.29, 0.717) is 12.8 Å². The SMILES string of the molecule is CCCC(=O)N[C@H]1C(O)O[C@@H]2COC(N)O[C@H]2[C@@H]1O. The van der Waals surface area contributed by atoms with E-state index in [9.17, 15) is 15.0 Å². The Morgan fingerprint density at radius 1 is 1.42 bits per heavy atom. The lowest BCUT2D eigenvalue weighted by Crippen LogP contribution is -2.67. The van der Waals surface area contributed by atoms with Gasteiger partial charge in [-0.15, -0.1) is 0 Å². The molecule has 2 aliphatic heterocycles. The number of nitrogens with two attached hydrogens (primary N) is 1. The van der Waals surface area contributed by atoms with Crippen LogP contribution in [-0.2, 0) is 19.0 Å². The molecule has 0 aromatic carbocycles. The molecule has 2 saturated heterocycles. The number of aliphatic hydroxyl groups is 2. The molecule has 0 radical (unpaired) electrons. The average Bonchev–Trinajstić information content (AvgIpc) is 2.36. The fourth-order valence-corrected chi connectivity index (χ4v) is 2.26. The van der Waals surface area contributed by atoms with Gasteiger partial charge in [0.25, 0.3) is 0 Å². The highest BCUT2D eigenvalue weighted by Gasteiger charge is 2.48. The molecule has 0 bridgehead atoms. The first-order chi connectivity index (χ1) is 9.02. The van der Waals surface area contributed by atoms with Crippen LogP contribution in [0.25, 0.3) is 0 Å². The number of carbonyl (C=O) groups is 1. The van der Waals surface area contributed by atoms with Crippen LogP contribution in [0.2, 0.25) is 0 Å². The maximum Gasteiger partial charge on any atom is 0.220 e. The summed E-state index contributed by atoms with van der Waals surface area (Å²) in [5.41, 5.74) is 5.47. The topological polar surface area (TPSA) is 123 Å². The van der Waals surface area contributed by atoms with E-state index in [4.69, 9.17) is 19.9 Å². The van der Waals surface area contributed by atoms with Crippen LogP contribution in [0.15, 0.2) is 0 Å². The summed E-state index contributed by atoms with van der Waals surface area (Å²) in [7, 11) is 0. The van der Waals surface area contributed by atoms with E-state index >= 15 is 0 Å². The Kier molecular flexibility index (Phi) is 4.71. The number of ether oxygens (including phenoxy) is 3. The number of carbonyl (C=O) groups excluding carboxylic acids is 1. The third-order valence-electron chi connectivity index (χ3n) is 3.21. The van der Waals surface area contributed by atoms with Crippen LogP contribution in [0, 0.1) is 0 Å². The normalized spacial score (nSPS) is 42.5. The van der Waals surface area contributed by atoms with Gasteiger partial charge in [0.05, 0.1) is 6.61 Å². The van der Waals surface area contributed by atoms with Gasteiger partial charge in [-0.3, -0.25) is 10.5 Å². The van der Waals surface area contributed by atoms with Crippen molar-refractivity contribution in [2.24, 2.45) is 5.73 Å². The fraction of sp³-hybridized carbons (Fsp3) is 0.909. The Bertz CT molecular complexity index is 328. The Labute approximate surface area is 110 Å². The molecule has 2 fully saturated rings. The number of nitrogens with one attached hydrogen (secondary N) is 1. The number of hydrogen-bond acceptors (Lipinski definition) is 7. The Morgan fingerprint density at radius 3 is 2.84 bits per heavy atom. The van der Waals surface area contributed by atoms with Gasteiger partial charge in [0.2, 0.25) is 12.3 Å². The first-order valence-corrected chi connectivity index (χ1v) is 6.36. The van der Waals surface area contributed by atoms with Gasteiger partial charge in [0.1, 0.15) is 24.4 Å². The van der Waals surface area contributed by atoms with Crippen LogP contribution in [0.4, 0.5) is 0 Å². The summed E-state index contributed by atoms with van der Waals surface area (Å²) < 4.78 is 15.5. The smallest absolute Gasteiger partial charge is 0.220 e. The van der Waals surface area contributed by atoms with Gasteiger partial charge in [0, 0.05) is 6.42 Å². The molecule has 5 N–H and O–H groups in total. The van der Waals surface area contributed by atoms with Gasteiger partial charge in [-0.25, -0.2) is 0 Å². The second kappa shape index (κ2) is 6.12. The van der Waals surface area contributed by atoms with Crippen molar-refractivity contribution in [3.05, 3.63) is 0 Å². The lowest BCUT2D eigenvalue weighted by atomic mass is 9.96. The number of aliphatic hydroxyl groups excluding tert-OH is 2. The van der Waals surface area contributed by atoms with Gasteiger partial charge in [0.15, 0.2) is 6.29 Å². The maximum absolute atomic E-state index is 11.5. The van der Waals surface area contributed by atoms with Crippen LogP contribution >= 0.6 is 0 Å². The second-order valence-electron chi connectivity index (χ2n) is 4.70. The van der Waals surface area contributed by atoms with Crippen molar-refractivity contribution in [2.75, 3.05) is 6.61 Å². The third kappa shape index (κ3) is 3.22. The number of hydrogen-bond donors (Lipinski definition) is 4. The molecule has 0 aliphatic carbocycles. The number of amides is 1. The molecule has 0 saturated carbocycles. The van der Waals surface area contributed by atoms with Crippen molar-refractivity contribution in [1.82, 2.24) is 5.32 Å². The average molecular weight is 276 g/mol. The lowest BCUT2D eigenvalue weighted by Gasteiger charge is -2.45. The molecule has 0 spiro atoms. The van der Waals surface area contributed by atoms with E-state index in [-0.39, 0.29) is 12.5 Å².